The molecule has 0 atom stereocenters. The number of thioether (sulfide) groups is 1. The van der Waals surface area contributed by atoms with Gasteiger partial charge in [0, 0.05) is 16.2 Å². The Morgan fingerprint density at radius 1 is 1.06 bits per heavy atom. The van der Waals surface area contributed by atoms with Gasteiger partial charge in [0.05, 0.1) is 22.4 Å². The number of amides is 1. The fourth-order valence-electron chi connectivity index (χ4n) is 4.06. The van der Waals surface area contributed by atoms with Crippen LogP contribution in [-0.2, 0) is 23.3 Å². The van der Waals surface area contributed by atoms with E-state index < -0.39 is 0 Å². The van der Waals surface area contributed by atoms with E-state index in [0.29, 0.717) is 22.7 Å². The zero-order valence-electron chi connectivity index (χ0n) is 18.8. The second kappa shape index (κ2) is 10.3. The summed E-state index contributed by atoms with van der Waals surface area (Å²) in [5.74, 6) is 0.223. The molecule has 1 N–H and O–H groups in total. The van der Waals surface area contributed by atoms with Gasteiger partial charge in [-0.15, -0.1) is 22.7 Å². The van der Waals surface area contributed by atoms with E-state index in [-0.39, 0.29) is 11.9 Å². The highest BCUT2D eigenvalue weighted by atomic mass is 32.2. The van der Waals surface area contributed by atoms with Crippen molar-refractivity contribution in [3.63, 3.8) is 0 Å². The highest BCUT2D eigenvalue weighted by Crippen LogP contribution is 2.39. The number of fused-ring (bicyclic) bond motifs is 2. The molecule has 0 aliphatic heterocycles. The number of nitrogens with zero attached hydrogens (tertiary/aromatic N) is 1. The number of rotatable bonds is 7. The van der Waals surface area contributed by atoms with Crippen LogP contribution >= 0.6 is 34.4 Å². The van der Waals surface area contributed by atoms with E-state index >= 15 is 0 Å². The smallest absolute Gasteiger partial charge is 0.341 e. The molecule has 0 fully saturated rings. The minimum Gasteiger partial charge on any atom is -0.462 e. The predicted molar refractivity (Wildman–Crippen MR) is 140 cm³/mol. The topological polar surface area (TPSA) is 68.3 Å². The number of carbonyl (C=O) groups excluding carboxylic acids is 2. The van der Waals surface area contributed by atoms with E-state index in [4.69, 9.17) is 4.74 Å². The summed E-state index contributed by atoms with van der Waals surface area (Å²) in [6, 6.07) is 15.8. The van der Waals surface area contributed by atoms with Gasteiger partial charge in [0.25, 0.3) is 5.91 Å². The molecule has 5 rings (SSSR count). The van der Waals surface area contributed by atoms with Crippen LogP contribution < -0.4 is 5.32 Å². The lowest BCUT2D eigenvalue weighted by atomic mass is 9.95. The van der Waals surface area contributed by atoms with Crippen LogP contribution in [0.1, 0.15) is 56.5 Å². The minimum atomic E-state index is -0.348. The molecule has 0 spiro atoms. The first-order valence-corrected chi connectivity index (χ1v) is 13.9. The highest BCUT2D eigenvalue weighted by Gasteiger charge is 2.27. The summed E-state index contributed by atoms with van der Waals surface area (Å²) in [6.07, 6.45) is 3.97. The lowest BCUT2D eigenvalue weighted by Crippen LogP contribution is -2.15. The minimum absolute atomic E-state index is 0.213. The zero-order chi connectivity index (χ0) is 23.5. The van der Waals surface area contributed by atoms with Crippen molar-refractivity contribution >= 4 is 61.5 Å². The summed E-state index contributed by atoms with van der Waals surface area (Å²) in [5.41, 5.74) is 4.31. The number of para-hydroxylation sites is 1. The molecule has 1 amide bonds. The van der Waals surface area contributed by atoms with Gasteiger partial charge < -0.3 is 10.1 Å². The van der Waals surface area contributed by atoms with Crippen molar-refractivity contribution in [3.05, 3.63) is 75.7 Å². The Bertz CT molecular complexity index is 1310. The van der Waals surface area contributed by atoms with E-state index in [1.165, 1.54) is 20.9 Å². The average molecular weight is 509 g/mol. The number of hydrogen-bond donors (Lipinski definition) is 1. The second-order valence-corrected chi connectivity index (χ2v) is 11.4. The second-order valence-electron chi connectivity index (χ2n) is 8.02. The van der Waals surface area contributed by atoms with Gasteiger partial charge in [-0.1, -0.05) is 36.0 Å². The van der Waals surface area contributed by atoms with Crippen molar-refractivity contribution in [2.24, 2.45) is 0 Å². The average Bonchev–Trinajstić information content (AvgIpc) is 3.43. The maximum Gasteiger partial charge on any atom is 0.341 e. The van der Waals surface area contributed by atoms with E-state index in [9.17, 15) is 9.59 Å². The number of thiophene rings is 1. The molecule has 4 aromatic rings. The van der Waals surface area contributed by atoms with E-state index in [2.05, 4.69) is 16.4 Å². The van der Waals surface area contributed by atoms with Crippen LogP contribution in [-0.4, -0.2) is 23.5 Å². The molecule has 174 valence electrons. The van der Waals surface area contributed by atoms with Crippen LogP contribution in [0, 0.1) is 0 Å². The summed E-state index contributed by atoms with van der Waals surface area (Å²) in [7, 11) is 0. The number of aryl methyl sites for hydroxylation is 1. The first-order chi connectivity index (χ1) is 16.6. The third-order valence-corrected chi connectivity index (χ3v) is 9.19. The van der Waals surface area contributed by atoms with Crippen LogP contribution in [0.15, 0.2) is 52.9 Å². The molecule has 0 saturated carbocycles. The third kappa shape index (κ3) is 4.89. The molecule has 5 nitrogen and oxygen atoms in total. The Hall–Kier alpha value is -2.68. The van der Waals surface area contributed by atoms with Crippen molar-refractivity contribution in [2.75, 3.05) is 11.9 Å². The van der Waals surface area contributed by atoms with Crippen molar-refractivity contribution < 1.29 is 14.3 Å². The molecule has 8 heteroatoms. The molecular weight excluding hydrogens is 484 g/mol. The lowest BCUT2D eigenvalue weighted by molar-refractivity contribution is 0.0526. The number of hydrogen-bond acceptors (Lipinski definition) is 7. The largest absolute Gasteiger partial charge is 0.462 e. The van der Waals surface area contributed by atoms with Gasteiger partial charge in [-0.2, -0.15) is 0 Å². The van der Waals surface area contributed by atoms with Gasteiger partial charge in [0.15, 0.2) is 4.34 Å². The fraction of sp³-hybridized carbons (Fsp3) is 0.269. The van der Waals surface area contributed by atoms with Crippen LogP contribution in [0.3, 0.4) is 0 Å². The quantitative estimate of drug-likeness (QED) is 0.216. The maximum atomic E-state index is 13.0. The number of benzene rings is 2. The molecule has 0 saturated heterocycles. The molecule has 34 heavy (non-hydrogen) atoms. The fourth-order valence-corrected chi connectivity index (χ4v) is 7.36. The Labute approximate surface area is 210 Å². The number of thiazole rings is 1. The monoisotopic (exact) mass is 508 g/mol. The molecule has 1 aliphatic rings. The van der Waals surface area contributed by atoms with Crippen molar-refractivity contribution in [1.82, 2.24) is 4.98 Å². The number of esters is 1. The van der Waals surface area contributed by atoms with Crippen LogP contribution in [0.5, 0.6) is 0 Å². The predicted octanol–water partition coefficient (Wildman–Crippen LogP) is 6.96. The van der Waals surface area contributed by atoms with Gasteiger partial charge in [-0.05, 0) is 68.0 Å². The molecule has 0 unspecified atom stereocenters. The Balaban J connectivity index is 1.27. The van der Waals surface area contributed by atoms with Gasteiger partial charge in [-0.25, -0.2) is 9.78 Å². The number of nitrogens with one attached hydrogen (secondary N) is 1. The zero-order valence-corrected chi connectivity index (χ0v) is 21.2. The van der Waals surface area contributed by atoms with Crippen molar-refractivity contribution in [3.8, 4) is 0 Å². The Morgan fingerprint density at radius 2 is 1.85 bits per heavy atom. The molecule has 0 bridgehead atoms. The Kier molecular flexibility index (Phi) is 6.99. The summed E-state index contributed by atoms with van der Waals surface area (Å²) < 4.78 is 7.52. The van der Waals surface area contributed by atoms with Gasteiger partial charge >= 0.3 is 5.97 Å². The van der Waals surface area contributed by atoms with Crippen LogP contribution in [0.25, 0.3) is 10.2 Å². The van der Waals surface area contributed by atoms with Crippen LogP contribution in [0.2, 0.25) is 0 Å². The number of anilines is 1. The molecular formula is C26H24N2O3S3. The summed E-state index contributed by atoms with van der Waals surface area (Å²) in [4.78, 5) is 31.5. The van der Waals surface area contributed by atoms with Crippen molar-refractivity contribution in [1.29, 1.82) is 0 Å². The summed E-state index contributed by atoms with van der Waals surface area (Å²) >= 11 is 4.90. The SMILES string of the molecule is CCOC(=O)c1c(NC(=O)c2ccc(CSc3nc4ccccc4s3)cc2)sc2c1CCCC2. The molecule has 2 heterocycles. The van der Waals surface area contributed by atoms with E-state index in [0.717, 1.165) is 52.4 Å². The van der Waals surface area contributed by atoms with E-state index in [1.54, 1.807) is 30.0 Å². The Morgan fingerprint density at radius 3 is 2.65 bits per heavy atom. The molecule has 2 aromatic carbocycles. The lowest BCUT2D eigenvalue weighted by Gasteiger charge is -2.12. The number of ether oxygens (including phenoxy) is 1. The van der Waals surface area contributed by atoms with Gasteiger partial charge in [-0.3, -0.25) is 4.79 Å². The van der Waals surface area contributed by atoms with Crippen LogP contribution in [0.4, 0.5) is 5.00 Å². The summed E-state index contributed by atoms with van der Waals surface area (Å²) in [5, 5.41) is 3.58. The van der Waals surface area contributed by atoms with Gasteiger partial charge in [0.2, 0.25) is 0 Å². The standard InChI is InChI=1S/C26H24N2O3S3/c1-2-31-25(30)22-18-7-3-5-9-20(18)33-24(22)28-23(29)17-13-11-16(12-14-17)15-32-26-27-19-8-4-6-10-21(19)34-26/h4,6,8,10-14H,2-3,5,7,9,15H2,1H3,(H,28,29). The molecule has 1 aliphatic carbocycles. The maximum absolute atomic E-state index is 13.0. The first-order valence-electron chi connectivity index (χ1n) is 11.3. The summed E-state index contributed by atoms with van der Waals surface area (Å²) in [6.45, 7) is 2.11. The molecule has 2 aromatic heterocycles. The normalized spacial score (nSPS) is 13.0. The third-order valence-electron chi connectivity index (χ3n) is 5.73. The highest BCUT2D eigenvalue weighted by molar-refractivity contribution is 8.00. The van der Waals surface area contributed by atoms with Gasteiger partial charge in [0.1, 0.15) is 5.00 Å². The van der Waals surface area contributed by atoms with E-state index in [1.807, 2.05) is 42.5 Å². The van der Waals surface area contributed by atoms with Crippen molar-refractivity contribution in [2.45, 2.75) is 42.7 Å². The molecule has 0 radical (unpaired) electrons. The first kappa shape index (κ1) is 23.1. The number of carbonyl (C=O) groups is 2. The number of aromatic nitrogens is 1.